The number of quaternary nitrogens is 1. The molecule has 2 N–H and O–H groups in total. The monoisotopic (exact) mass is 393 g/mol. The van der Waals surface area contributed by atoms with Gasteiger partial charge in [-0.25, -0.2) is 0 Å². The van der Waals surface area contributed by atoms with E-state index in [0.29, 0.717) is 10.0 Å². The molecule has 0 aromatic heterocycles. The van der Waals surface area contributed by atoms with Gasteiger partial charge in [0.1, 0.15) is 25.7 Å². The summed E-state index contributed by atoms with van der Waals surface area (Å²) in [5.74, 6) is -0.0232. The largest absolute Gasteiger partial charge is 0.370 e. The number of ether oxygens (including phenoxy) is 1. The van der Waals surface area contributed by atoms with E-state index in [2.05, 4.69) is 17.4 Å². The van der Waals surface area contributed by atoms with Crippen LogP contribution in [-0.2, 0) is 16.0 Å². The second kappa shape index (κ2) is 9.38. The van der Waals surface area contributed by atoms with E-state index < -0.39 is 0 Å². The van der Waals surface area contributed by atoms with Crippen LogP contribution in [-0.4, -0.2) is 38.8 Å². The Bertz CT molecular complexity index is 734. The van der Waals surface area contributed by atoms with Crippen molar-refractivity contribution in [2.75, 3.05) is 32.8 Å². The first-order valence-corrected chi connectivity index (χ1v) is 9.57. The summed E-state index contributed by atoms with van der Waals surface area (Å²) in [5.41, 5.74) is 1.97. The average molecular weight is 394 g/mol. The number of nitrogens with one attached hydrogen (secondary N) is 2. The maximum Gasteiger partial charge on any atom is 0.225 e. The van der Waals surface area contributed by atoms with Gasteiger partial charge in [0.05, 0.1) is 29.7 Å². The van der Waals surface area contributed by atoms with Crippen molar-refractivity contribution in [3.05, 3.63) is 69.7 Å². The van der Waals surface area contributed by atoms with Crippen molar-refractivity contribution >= 4 is 29.1 Å². The predicted molar refractivity (Wildman–Crippen MR) is 104 cm³/mol. The van der Waals surface area contributed by atoms with E-state index in [0.717, 1.165) is 44.0 Å². The minimum absolute atomic E-state index is 0.0232. The van der Waals surface area contributed by atoms with Crippen LogP contribution in [0.25, 0.3) is 0 Å². The van der Waals surface area contributed by atoms with Crippen LogP contribution in [0.5, 0.6) is 0 Å². The fourth-order valence-corrected chi connectivity index (χ4v) is 3.49. The van der Waals surface area contributed by atoms with E-state index in [1.165, 1.54) is 4.90 Å². The second-order valence-electron chi connectivity index (χ2n) is 6.52. The Morgan fingerprint density at radius 2 is 1.81 bits per heavy atom. The lowest BCUT2D eigenvalue weighted by Gasteiger charge is -2.28. The predicted octanol–water partition coefficient (Wildman–Crippen LogP) is 2.31. The van der Waals surface area contributed by atoms with Gasteiger partial charge >= 0.3 is 0 Å². The van der Waals surface area contributed by atoms with Gasteiger partial charge in [-0.05, 0) is 23.3 Å². The molecule has 3 rings (SSSR count). The highest BCUT2D eigenvalue weighted by Gasteiger charge is 2.23. The smallest absolute Gasteiger partial charge is 0.225 e. The van der Waals surface area contributed by atoms with Crippen LogP contribution in [0.2, 0.25) is 10.0 Å². The van der Waals surface area contributed by atoms with Crippen molar-refractivity contribution in [1.29, 1.82) is 0 Å². The van der Waals surface area contributed by atoms with Crippen molar-refractivity contribution in [2.24, 2.45) is 0 Å². The maximum absolute atomic E-state index is 12.6. The van der Waals surface area contributed by atoms with Crippen LogP contribution in [0, 0.1) is 0 Å². The molecule has 4 nitrogen and oxygen atoms in total. The van der Waals surface area contributed by atoms with Crippen molar-refractivity contribution in [3.8, 4) is 0 Å². The van der Waals surface area contributed by atoms with Crippen LogP contribution in [0.3, 0.4) is 0 Å². The fourth-order valence-electron chi connectivity index (χ4n) is 3.17. The minimum atomic E-state index is -0.0282. The molecule has 0 unspecified atom stereocenters. The third-order valence-electron chi connectivity index (χ3n) is 4.58. The van der Waals surface area contributed by atoms with Gasteiger partial charge in [0.25, 0.3) is 0 Å². The highest BCUT2D eigenvalue weighted by atomic mass is 35.5. The van der Waals surface area contributed by atoms with Crippen molar-refractivity contribution < 1.29 is 14.4 Å². The highest BCUT2D eigenvalue weighted by molar-refractivity contribution is 6.42. The second-order valence-corrected chi connectivity index (χ2v) is 7.34. The van der Waals surface area contributed by atoms with Crippen LogP contribution in [0.15, 0.2) is 48.5 Å². The first-order valence-electron chi connectivity index (χ1n) is 8.81. The molecule has 1 heterocycles. The molecule has 138 valence electrons. The Labute approximate surface area is 164 Å². The molecule has 1 amide bonds. The third-order valence-corrected chi connectivity index (χ3v) is 5.32. The Morgan fingerprint density at radius 3 is 2.50 bits per heavy atom. The Kier molecular flexibility index (Phi) is 6.92. The fraction of sp³-hybridized carbons (Fsp3) is 0.350. The van der Waals surface area contributed by atoms with E-state index in [1.807, 2.05) is 24.3 Å². The lowest BCUT2D eigenvalue weighted by Crippen LogP contribution is -3.14. The topological polar surface area (TPSA) is 42.8 Å². The van der Waals surface area contributed by atoms with E-state index in [1.54, 1.807) is 12.1 Å². The first kappa shape index (κ1) is 19.2. The normalized spacial score (nSPS) is 16.2. The standard InChI is InChI=1S/C20H22Cl2N2O2/c21-17-7-6-15(12-18(17)22)13-20(25)23-19(16-4-2-1-3-5-16)14-24-8-10-26-11-9-24/h1-7,12,19H,8-11,13-14H2,(H,23,25)/p+1/t19-/m1/s1. The zero-order valence-electron chi connectivity index (χ0n) is 14.5. The van der Waals surface area contributed by atoms with Crippen molar-refractivity contribution in [1.82, 2.24) is 5.32 Å². The zero-order valence-corrected chi connectivity index (χ0v) is 16.0. The summed E-state index contributed by atoms with van der Waals surface area (Å²) in [4.78, 5) is 14.1. The van der Waals surface area contributed by atoms with E-state index >= 15 is 0 Å². The lowest BCUT2D eigenvalue weighted by atomic mass is 10.1. The van der Waals surface area contributed by atoms with E-state index in [4.69, 9.17) is 27.9 Å². The number of carbonyl (C=O) groups is 1. The first-order chi connectivity index (χ1) is 12.6. The number of benzene rings is 2. The SMILES string of the molecule is O=C(Cc1ccc(Cl)c(Cl)c1)N[C@H](C[NH+]1CCOCC1)c1ccccc1. The van der Waals surface area contributed by atoms with Crippen LogP contribution in [0.1, 0.15) is 17.2 Å². The molecule has 1 atom stereocenters. The molecule has 0 aliphatic carbocycles. The van der Waals surface area contributed by atoms with Crippen molar-refractivity contribution in [3.63, 3.8) is 0 Å². The molecular formula is C20H23Cl2N2O2+. The molecule has 6 heteroatoms. The molecule has 1 saturated heterocycles. The molecule has 2 aromatic carbocycles. The number of hydrogen-bond acceptors (Lipinski definition) is 2. The van der Waals surface area contributed by atoms with Gasteiger partial charge in [-0.15, -0.1) is 0 Å². The Hall–Kier alpha value is -1.59. The van der Waals surface area contributed by atoms with Crippen LogP contribution >= 0.6 is 23.2 Å². The van der Waals surface area contributed by atoms with Crippen LogP contribution in [0.4, 0.5) is 0 Å². The summed E-state index contributed by atoms with van der Waals surface area (Å²) in [6.45, 7) is 4.32. The van der Waals surface area contributed by atoms with Crippen LogP contribution < -0.4 is 10.2 Å². The van der Waals surface area contributed by atoms with E-state index in [9.17, 15) is 4.79 Å². The molecule has 0 saturated carbocycles. The number of carbonyl (C=O) groups excluding carboxylic acids is 1. The number of rotatable bonds is 6. The van der Waals surface area contributed by atoms with Gasteiger partial charge in [0.2, 0.25) is 5.91 Å². The summed E-state index contributed by atoms with van der Waals surface area (Å²) >= 11 is 12.0. The Morgan fingerprint density at radius 1 is 1.08 bits per heavy atom. The van der Waals surface area contributed by atoms with Gasteiger partial charge in [0, 0.05) is 0 Å². The zero-order chi connectivity index (χ0) is 18.4. The number of halogens is 2. The molecule has 26 heavy (non-hydrogen) atoms. The van der Waals surface area contributed by atoms with E-state index in [-0.39, 0.29) is 18.4 Å². The molecule has 0 bridgehead atoms. The molecular weight excluding hydrogens is 371 g/mol. The summed E-state index contributed by atoms with van der Waals surface area (Å²) in [7, 11) is 0. The van der Waals surface area contributed by atoms with Crippen molar-refractivity contribution in [2.45, 2.75) is 12.5 Å². The summed E-state index contributed by atoms with van der Waals surface area (Å²) < 4.78 is 5.44. The summed E-state index contributed by atoms with van der Waals surface area (Å²) in [5, 5.41) is 4.15. The van der Waals surface area contributed by atoms with Gasteiger partial charge in [0.15, 0.2) is 0 Å². The molecule has 1 fully saturated rings. The maximum atomic E-state index is 12.6. The average Bonchev–Trinajstić information content (AvgIpc) is 2.66. The molecule has 2 aromatic rings. The molecule has 1 aliphatic heterocycles. The Balaban J connectivity index is 1.67. The lowest BCUT2D eigenvalue weighted by molar-refractivity contribution is -0.909. The van der Waals surface area contributed by atoms with Gasteiger partial charge < -0.3 is 15.0 Å². The summed E-state index contributed by atoms with van der Waals surface area (Å²) in [6, 6.07) is 15.4. The molecule has 1 aliphatic rings. The minimum Gasteiger partial charge on any atom is -0.370 e. The number of amides is 1. The summed E-state index contributed by atoms with van der Waals surface area (Å²) in [6.07, 6.45) is 0.276. The van der Waals surface area contributed by atoms with Gasteiger partial charge in [-0.2, -0.15) is 0 Å². The quantitative estimate of drug-likeness (QED) is 0.790. The molecule has 0 radical (unpaired) electrons. The number of morpholine rings is 1. The third kappa shape index (κ3) is 5.45. The van der Waals surface area contributed by atoms with Gasteiger partial charge in [-0.1, -0.05) is 59.6 Å². The molecule has 0 spiro atoms. The number of hydrogen-bond donors (Lipinski definition) is 2. The van der Waals surface area contributed by atoms with Gasteiger partial charge in [-0.3, -0.25) is 4.79 Å². The highest BCUT2D eigenvalue weighted by Crippen LogP contribution is 2.23.